The quantitative estimate of drug-likeness (QED) is 0.725. The van der Waals surface area contributed by atoms with E-state index in [0.29, 0.717) is 12.0 Å². The molecule has 1 aliphatic rings. The summed E-state index contributed by atoms with van der Waals surface area (Å²) in [5.41, 5.74) is 0. The van der Waals surface area contributed by atoms with Crippen molar-refractivity contribution in [2.75, 3.05) is 14.1 Å². The smallest absolute Gasteiger partial charge is 0.317 e. The van der Waals surface area contributed by atoms with Gasteiger partial charge in [0.15, 0.2) is 0 Å². The summed E-state index contributed by atoms with van der Waals surface area (Å²) in [4.78, 5) is 13.1. The SMILES string of the molecule is CCC1CCCCC1NC(=O)N(C)C. The fourth-order valence-electron chi connectivity index (χ4n) is 2.17. The third-order valence-electron chi connectivity index (χ3n) is 3.15. The number of amides is 2. The van der Waals surface area contributed by atoms with E-state index < -0.39 is 0 Å². The summed E-state index contributed by atoms with van der Waals surface area (Å²) < 4.78 is 0. The van der Waals surface area contributed by atoms with Crippen LogP contribution in [0.1, 0.15) is 39.0 Å². The minimum absolute atomic E-state index is 0.0513. The summed E-state index contributed by atoms with van der Waals surface area (Å²) in [6.45, 7) is 2.21. The Morgan fingerprint density at radius 3 is 2.57 bits per heavy atom. The van der Waals surface area contributed by atoms with Crippen LogP contribution in [0, 0.1) is 5.92 Å². The molecule has 0 heterocycles. The van der Waals surface area contributed by atoms with Gasteiger partial charge in [0.25, 0.3) is 0 Å². The lowest BCUT2D eigenvalue weighted by Gasteiger charge is -2.32. The Labute approximate surface area is 86.9 Å². The number of hydrogen-bond donors (Lipinski definition) is 1. The van der Waals surface area contributed by atoms with Crippen LogP contribution in [-0.4, -0.2) is 31.1 Å². The van der Waals surface area contributed by atoms with E-state index in [9.17, 15) is 4.79 Å². The van der Waals surface area contributed by atoms with Crippen LogP contribution in [0.15, 0.2) is 0 Å². The van der Waals surface area contributed by atoms with Gasteiger partial charge in [-0.25, -0.2) is 4.79 Å². The monoisotopic (exact) mass is 198 g/mol. The van der Waals surface area contributed by atoms with Crippen molar-refractivity contribution in [3.63, 3.8) is 0 Å². The standard InChI is InChI=1S/C11H22N2O/c1-4-9-7-5-6-8-10(9)12-11(14)13(2)3/h9-10H,4-8H2,1-3H3,(H,12,14). The molecule has 14 heavy (non-hydrogen) atoms. The Morgan fingerprint density at radius 1 is 1.36 bits per heavy atom. The molecule has 0 bridgehead atoms. The van der Waals surface area contributed by atoms with Crippen molar-refractivity contribution in [3.05, 3.63) is 0 Å². The molecule has 1 N–H and O–H groups in total. The summed E-state index contributed by atoms with van der Waals surface area (Å²) in [5.74, 6) is 0.688. The third-order valence-corrected chi connectivity index (χ3v) is 3.15. The highest BCUT2D eigenvalue weighted by Gasteiger charge is 2.25. The van der Waals surface area contributed by atoms with Crippen LogP contribution in [0.25, 0.3) is 0 Å². The van der Waals surface area contributed by atoms with Gasteiger partial charge in [-0.2, -0.15) is 0 Å². The fraction of sp³-hybridized carbons (Fsp3) is 0.909. The maximum absolute atomic E-state index is 11.5. The molecule has 3 nitrogen and oxygen atoms in total. The van der Waals surface area contributed by atoms with Crippen LogP contribution >= 0.6 is 0 Å². The number of nitrogens with zero attached hydrogens (tertiary/aromatic N) is 1. The van der Waals surface area contributed by atoms with Crippen LogP contribution in [0.4, 0.5) is 4.79 Å². The molecule has 0 aliphatic heterocycles. The van der Waals surface area contributed by atoms with E-state index in [4.69, 9.17) is 0 Å². The van der Waals surface area contributed by atoms with Crippen LogP contribution in [0.2, 0.25) is 0 Å². The first-order valence-corrected chi connectivity index (χ1v) is 5.63. The van der Waals surface area contributed by atoms with E-state index in [0.717, 1.165) is 6.42 Å². The van der Waals surface area contributed by atoms with Gasteiger partial charge < -0.3 is 10.2 Å². The number of carbonyl (C=O) groups is 1. The largest absolute Gasteiger partial charge is 0.335 e. The van der Waals surface area contributed by atoms with Crippen LogP contribution in [0.3, 0.4) is 0 Å². The van der Waals surface area contributed by atoms with Gasteiger partial charge in [-0.1, -0.05) is 26.2 Å². The number of rotatable bonds is 2. The van der Waals surface area contributed by atoms with Crippen LogP contribution in [0.5, 0.6) is 0 Å². The highest BCUT2D eigenvalue weighted by atomic mass is 16.2. The molecule has 2 atom stereocenters. The molecule has 0 spiro atoms. The maximum Gasteiger partial charge on any atom is 0.317 e. The average molecular weight is 198 g/mol. The van der Waals surface area contributed by atoms with Crippen molar-refractivity contribution < 1.29 is 4.79 Å². The predicted molar refractivity (Wildman–Crippen MR) is 58.3 cm³/mol. The van der Waals surface area contributed by atoms with Gasteiger partial charge in [0.2, 0.25) is 0 Å². The molecule has 1 fully saturated rings. The summed E-state index contributed by atoms with van der Waals surface area (Å²) in [5, 5.41) is 3.11. The summed E-state index contributed by atoms with van der Waals surface area (Å²) in [6, 6.07) is 0.457. The van der Waals surface area contributed by atoms with Gasteiger partial charge in [-0.3, -0.25) is 0 Å². The Hall–Kier alpha value is -0.730. The van der Waals surface area contributed by atoms with E-state index in [2.05, 4.69) is 12.2 Å². The maximum atomic E-state index is 11.5. The van der Waals surface area contributed by atoms with Gasteiger partial charge in [-0.15, -0.1) is 0 Å². The molecular formula is C11H22N2O. The van der Waals surface area contributed by atoms with Crippen molar-refractivity contribution >= 4 is 6.03 Å². The molecule has 0 aromatic heterocycles. The first-order chi connectivity index (χ1) is 6.65. The number of nitrogens with one attached hydrogen (secondary N) is 1. The molecule has 0 aromatic rings. The molecule has 82 valence electrons. The van der Waals surface area contributed by atoms with E-state index in [1.165, 1.54) is 25.7 Å². The Kier molecular flexibility index (Phi) is 4.23. The van der Waals surface area contributed by atoms with E-state index in [1.54, 1.807) is 19.0 Å². The van der Waals surface area contributed by atoms with Crippen molar-refractivity contribution in [1.29, 1.82) is 0 Å². The van der Waals surface area contributed by atoms with E-state index in [1.807, 2.05) is 0 Å². The van der Waals surface area contributed by atoms with E-state index >= 15 is 0 Å². The molecule has 1 rings (SSSR count). The molecule has 0 radical (unpaired) electrons. The summed E-state index contributed by atoms with van der Waals surface area (Å²) in [6.07, 6.45) is 6.19. The molecule has 3 heteroatoms. The molecule has 0 saturated heterocycles. The number of hydrogen-bond acceptors (Lipinski definition) is 1. The van der Waals surface area contributed by atoms with Crippen molar-refractivity contribution in [2.45, 2.75) is 45.1 Å². The molecule has 2 amide bonds. The molecule has 1 aliphatic carbocycles. The van der Waals surface area contributed by atoms with Crippen LogP contribution in [-0.2, 0) is 0 Å². The minimum Gasteiger partial charge on any atom is -0.335 e. The second-order valence-electron chi connectivity index (χ2n) is 4.40. The van der Waals surface area contributed by atoms with Crippen LogP contribution < -0.4 is 5.32 Å². The van der Waals surface area contributed by atoms with Gasteiger partial charge >= 0.3 is 6.03 Å². The van der Waals surface area contributed by atoms with Gasteiger partial charge in [0, 0.05) is 20.1 Å². The zero-order valence-electron chi connectivity index (χ0n) is 9.55. The molecule has 1 saturated carbocycles. The predicted octanol–water partition coefficient (Wildman–Crippen LogP) is 2.23. The Bertz CT molecular complexity index is 192. The number of urea groups is 1. The average Bonchev–Trinajstić information content (AvgIpc) is 2.18. The second kappa shape index (κ2) is 5.23. The van der Waals surface area contributed by atoms with Crippen molar-refractivity contribution in [1.82, 2.24) is 10.2 Å². The van der Waals surface area contributed by atoms with Crippen molar-refractivity contribution in [2.24, 2.45) is 5.92 Å². The zero-order valence-corrected chi connectivity index (χ0v) is 9.55. The molecule has 0 aromatic carbocycles. The van der Waals surface area contributed by atoms with Gasteiger partial charge in [-0.05, 0) is 18.8 Å². The minimum atomic E-state index is 0.0513. The molecular weight excluding hydrogens is 176 g/mol. The second-order valence-corrected chi connectivity index (χ2v) is 4.40. The Morgan fingerprint density at radius 2 is 2.00 bits per heavy atom. The highest BCUT2D eigenvalue weighted by Crippen LogP contribution is 2.26. The van der Waals surface area contributed by atoms with E-state index in [-0.39, 0.29) is 6.03 Å². The third kappa shape index (κ3) is 2.89. The zero-order chi connectivity index (χ0) is 10.6. The lowest BCUT2D eigenvalue weighted by Crippen LogP contribution is -2.46. The topological polar surface area (TPSA) is 32.3 Å². The first-order valence-electron chi connectivity index (χ1n) is 5.63. The Balaban J connectivity index is 2.44. The number of carbonyl (C=O) groups excluding carboxylic acids is 1. The van der Waals surface area contributed by atoms with Crippen molar-refractivity contribution in [3.8, 4) is 0 Å². The highest BCUT2D eigenvalue weighted by molar-refractivity contribution is 5.73. The molecule has 2 unspecified atom stereocenters. The first kappa shape index (κ1) is 11.3. The van der Waals surface area contributed by atoms with Gasteiger partial charge in [0.1, 0.15) is 0 Å². The summed E-state index contributed by atoms with van der Waals surface area (Å²) >= 11 is 0. The lowest BCUT2D eigenvalue weighted by molar-refractivity contribution is 0.195. The lowest BCUT2D eigenvalue weighted by atomic mass is 9.83. The normalized spacial score (nSPS) is 27.1. The van der Waals surface area contributed by atoms with Gasteiger partial charge in [0.05, 0.1) is 0 Å². The summed E-state index contributed by atoms with van der Waals surface area (Å²) in [7, 11) is 3.58. The fourth-order valence-corrected chi connectivity index (χ4v) is 2.17.